The molecule has 1 aromatic carbocycles. The van der Waals surface area contributed by atoms with E-state index in [2.05, 4.69) is 0 Å². The maximum atomic E-state index is 12.5. The number of amides is 1. The summed E-state index contributed by atoms with van der Waals surface area (Å²) < 4.78 is 0. The number of halogens is 1. The van der Waals surface area contributed by atoms with Crippen molar-refractivity contribution in [3.05, 3.63) is 33.8 Å². The van der Waals surface area contributed by atoms with Gasteiger partial charge in [-0.3, -0.25) is 4.79 Å². The maximum absolute atomic E-state index is 12.5. The summed E-state index contributed by atoms with van der Waals surface area (Å²) in [5, 5.41) is 9.48. The largest absolute Gasteiger partial charge is 0.396 e. The molecule has 0 saturated carbocycles. The van der Waals surface area contributed by atoms with Gasteiger partial charge in [0.25, 0.3) is 5.91 Å². The normalized spacial score (nSPS) is 18.9. The maximum Gasteiger partial charge on any atom is 0.255 e. The van der Waals surface area contributed by atoms with Crippen LogP contribution in [0.1, 0.15) is 34.3 Å². The lowest BCUT2D eigenvalue weighted by molar-refractivity contribution is 0.0785. The van der Waals surface area contributed by atoms with E-state index in [1.165, 1.54) is 0 Å². The minimum Gasteiger partial charge on any atom is -0.396 e. The van der Waals surface area contributed by atoms with Gasteiger partial charge in [0.15, 0.2) is 0 Å². The number of nitrogens with zero attached hydrogens (tertiary/aromatic N) is 1. The Balaban J connectivity index is 2.15. The summed E-state index contributed by atoms with van der Waals surface area (Å²) in [6, 6.07) is 3.73. The van der Waals surface area contributed by atoms with Crippen LogP contribution in [0.5, 0.6) is 0 Å². The van der Waals surface area contributed by atoms with E-state index in [9.17, 15) is 4.79 Å². The molecule has 0 aromatic heterocycles. The number of aliphatic hydroxyl groups is 1. The van der Waals surface area contributed by atoms with E-state index < -0.39 is 0 Å². The summed E-state index contributed by atoms with van der Waals surface area (Å²) in [7, 11) is 0. The zero-order valence-corrected chi connectivity index (χ0v) is 12.2. The number of likely N-dealkylation sites (tertiary alicyclic amines) is 1. The molecule has 1 N–H and O–H groups in total. The van der Waals surface area contributed by atoms with Gasteiger partial charge in [-0.15, -0.1) is 0 Å². The number of aryl methyl sites for hydroxylation is 2. The molecule has 1 aromatic rings. The van der Waals surface area contributed by atoms with Gasteiger partial charge in [-0.1, -0.05) is 11.6 Å². The third kappa shape index (κ3) is 3.10. The first-order valence-corrected chi connectivity index (χ1v) is 7.07. The third-order valence-corrected chi connectivity index (χ3v) is 4.24. The fraction of sp³-hybridized carbons (Fsp3) is 0.533. The van der Waals surface area contributed by atoms with E-state index in [1.807, 2.05) is 30.9 Å². The quantitative estimate of drug-likeness (QED) is 0.925. The Morgan fingerprint density at radius 1 is 1.42 bits per heavy atom. The highest BCUT2D eigenvalue weighted by Gasteiger charge is 2.27. The van der Waals surface area contributed by atoms with Crippen molar-refractivity contribution in [1.29, 1.82) is 0 Å². The van der Waals surface area contributed by atoms with Crippen molar-refractivity contribution in [2.75, 3.05) is 19.7 Å². The van der Waals surface area contributed by atoms with Crippen molar-refractivity contribution in [2.24, 2.45) is 5.92 Å². The molecule has 0 bridgehead atoms. The third-order valence-electron chi connectivity index (χ3n) is 3.92. The molecule has 4 heteroatoms. The first kappa shape index (κ1) is 14.4. The van der Waals surface area contributed by atoms with E-state index in [0.717, 1.165) is 37.1 Å². The summed E-state index contributed by atoms with van der Waals surface area (Å²) in [5.41, 5.74) is 2.77. The van der Waals surface area contributed by atoms with E-state index in [4.69, 9.17) is 16.7 Å². The molecular weight excluding hydrogens is 262 g/mol. The fourth-order valence-corrected chi connectivity index (χ4v) is 2.85. The number of rotatable bonds is 3. The molecule has 1 heterocycles. The molecule has 1 amide bonds. The molecule has 1 saturated heterocycles. The van der Waals surface area contributed by atoms with Gasteiger partial charge in [-0.2, -0.15) is 0 Å². The Labute approximate surface area is 119 Å². The van der Waals surface area contributed by atoms with Gasteiger partial charge in [0.2, 0.25) is 0 Å². The molecule has 0 aliphatic carbocycles. The van der Waals surface area contributed by atoms with Gasteiger partial charge >= 0.3 is 0 Å². The van der Waals surface area contributed by atoms with Crippen LogP contribution in [0.15, 0.2) is 12.1 Å². The Morgan fingerprint density at radius 2 is 2.11 bits per heavy atom. The molecule has 2 rings (SSSR count). The second kappa shape index (κ2) is 5.93. The van der Waals surface area contributed by atoms with Gasteiger partial charge < -0.3 is 10.0 Å². The van der Waals surface area contributed by atoms with E-state index in [1.54, 1.807) is 0 Å². The zero-order valence-electron chi connectivity index (χ0n) is 11.4. The minimum absolute atomic E-state index is 0.00791. The predicted molar refractivity (Wildman–Crippen MR) is 76.6 cm³/mol. The summed E-state index contributed by atoms with van der Waals surface area (Å²) in [5.74, 6) is 0.424. The van der Waals surface area contributed by atoms with Crippen molar-refractivity contribution in [3.8, 4) is 0 Å². The first-order chi connectivity index (χ1) is 9.02. The van der Waals surface area contributed by atoms with Crippen LogP contribution in [0.2, 0.25) is 5.02 Å². The average molecular weight is 282 g/mol. The highest BCUT2D eigenvalue weighted by Crippen LogP contribution is 2.26. The molecule has 1 aliphatic heterocycles. The number of aliphatic hydroxyl groups excluding tert-OH is 1. The number of carbonyl (C=O) groups excluding carboxylic acids is 1. The summed E-state index contributed by atoms with van der Waals surface area (Å²) in [6.07, 6.45) is 1.74. The topological polar surface area (TPSA) is 40.5 Å². The summed E-state index contributed by atoms with van der Waals surface area (Å²) in [6.45, 7) is 5.65. The van der Waals surface area contributed by atoms with Crippen LogP contribution < -0.4 is 0 Å². The van der Waals surface area contributed by atoms with Crippen molar-refractivity contribution in [3.63, 3.8) is 0 Å². The molecule has 1 atom stereocenters. The lowest BCUT2D eigenvalue weighted by Gasteiger charge is -2.18. The van der Waals surface area contributed by atoms with Gasteiger partial charge in [0, 0.05) is 19.7 Å². The van der Waals surface area contributed by atoms with Crippen molar-refractivity contribution in [1.82, 2.24) is 4.90 Å². The van der Waals surface area contributed by atoms with Crippen LogP contribution in [0.3, 0.4) is 0 Å². The molecular formula is C15H20ClNO2. The van der Waals surface area contributed by atoms with E-state index in [0.29, 0.717) is 16.5 Å². The Morgan fingerprint density at radius 3 is 2.79 bits per heavy atom. The van der Waals surface area contributed by atoms with Crippen LogP contribution in [0.4, 0.5) is 0 Å². The monoisotopic (exact) mass is 281 g/mol. The zero-order chi connectivity index (χ0) is 14.0. The van der Waals surface area contributed by atoms with Crippen LogP contribution in [0, 0.1) is 19.8 Å². The average Bonchev–Trinajstić information content (AvgIpc) is 2.82. The standard InChI is InChI=1S/C15H20ClNO2/c1-10-7-13(14(16)8-11(10)2)15(19)17-5-3-12(9-17)4-6-18/h7-8,12,18H,3-6,9H2,1-2H3. The molecule has 1 aliphatic rings. The van der Waals surface area contributed by atoms with Crippen LogP contribution >= 0.6 is 11.6 Å². The van der Waals surface area contributed by atoms with Crippen molar-refractivity contribution < 1.29 is 9.90 Å². The summed E-state index contributed by atoms with van der Waals surface area (Å²) in [4.78, 5) is 14.3. The van der Waals surface area contributed by atoms with Crippen LogP contribution in [-0.2, 0) is 0 Å². The van der Waals surface area contributed by atoms with Gasteiger partial charge in [0.05, 0.1) is 10.6 Å². The van der Waals surface area contributed by atoms with Crippen molar-refractivity contribution >= 4 is 17.5 Å². The van der Waals surface area contributed by atoms with Crippen LogP contribution in [-0.4, -0.2) is 35.6 Å². The second-order valence-corrected chi connectivity index (χ2v) is 5.74. The number of hydrogen-bond acceptors (Lipinski definition) is 2. The first-order valence-electron chi connectivity index (χ1n) is 6.69. The molecule has 3 nitrogen and oxygen atoms in total. The molecule has 19 heavy (non-hydrogen) atoms. The lowest BCUT2D eigenvalue weighted by atomic mass is 10.0. The summed E-state index contributed by atoms with van der Waals surface area (Å²) >= 11 is 6.18. The Kier molecular flexibility index (Phi) is 4.48. The van der Waals surface area contributed by atoms with E-state index in [-0.39, 0.29) is 12.5 Å². The van der Waals surface area contributed by atoms with E-state index >= 15 is 0 Å². The molecule has 0 radical (unpaired) electrons. The van der Waals surface area contributed by atoms with Gasteiger partial charge in [-0.05, 0) is 55.9 Å². The van der Waals surface area contributed by atoms with Crippen molar-refractivity contribution in [2.45, 2.75) is 26.7 Å². The van der Waals surface area contributed by atoms with Gasteiger partial charge in [0.1, 0.15) is 0 Å². The SMILES string of the molecule is Cc1cc(Cl)c(C(=O)N2CCC(CCO)C2)cc1C. The van der Waals surface area contributed by atoms with Gasteiger partial charge in [-0.25, -0.2) is 0 Å². The number of hydrogen-bond donors (Lipinski definition) is 1. The molecule has 104 valence electrons. The fourth-order valence-electron chi connectivity index (χ4n) is 2.55. The minimum atomic E-state index is 0.00791. The highest BCUT2D eigenvalue weighted by atomic mass is 35.5. The Bertz CT molecular complexity index is 487. The molecule has 0 spiro atoms. The van der Waals surface area contributed by atoms with Crippen LogP contribution in [0.25, 0.3) is 0 Å². The molecule has 1 unspecified atom stereocenters. The second-order valence-electron chi connectivity index (χ2n) is 5.33. The highest BCUT2D eigenvalue weighted by molar-refractivity contribution is 6.34. The smallest absolute Gasteiger partial charge is 0.255 e. The number of benzene rings is 1. The lowest BCUT2D eigenvalue weighted by Crippen LogP contribution is -2.29. The predicted octanol–water partition coefficient (Wildman–Crippen LogP) is 2.80. The number of carbonyl (C=O) groups is 1. The Hall–Kier alpha value is -1.06. The molecule has 1 fully saturated rings.